The zero-order chi connectivity index (χ0) is 13.2. The molecule has 100 valence electrons. The molecule has 1 aliphatic heterocycles. The molecule has 0 amide bonds. The Morgan fingerprint density at radius 1 is 1.21 bits per heavy atom. The number of nitrogens with zero attached hydrogens (tertiary/aromatic N) is 1. The van der Waals surface area contributed by atoms with Gasteiger partial charge >= 0.3 is 0 Å². The fourth-order valence-electron chi connectivity index (χ4n) is 2.52. The second-order valence-corrected chi connectivity index (χ2v) is 5.12. The van der Waals surface area contributed by atoms with Crippen molar-refractivity contribution in [3.8, 4) is 11.3 Å². The maximum atomic E-state index is 5.70. The number of rotatable bonds is 2. The molecular weight excluding hydrogens is 238 g/mol. The summed E-state index contributed by atoms with van der Waals surface area (Å²) in [5.74, 6) is 0.904. The van der Waals surface area contributed by atoms with Crippen LogP contribution in [-0.4, -0.2) is 29.7 Å². The minimum atomic E-state index is 0.0356. The Labute approximate surface area is 113 Å². The van der Waals surface area contributed by atoms with Gasteiger partial charge in [-0.05, 0) is 26.0 Å². The van der Waals surface area contributed by atoms with Crippen LogP contribution in [0.25, 0.3) is 11.3 Å². The first-order chi connectivity index (χ1) is 9.22. The number of nitrogens with one attached hydrogen (secondary N) is 2. The summed E-state index contributed by atoms with van der Waals surface area (Å²) in [5.41, 5.74) is 4.76. The molecule has 1 atom stereocenters. The molecule has 2 heterocycles. The number of ether oxygens (including phenoxy) is 1. The van der Waals surface area contributed by atoms with Crippen LogP contribution in [0.3, 0.4) is 0 Å². The molecule has 1 aromatic heterocycles. The first kappa shape index (κ1) is 12.4. The summed E-state index contributed by atoms with van der Waals surface area (Å²) in [6.45, 7) is 6.70. The fraction of sp³-hybridized carbons (Fsp3) is 0.400. The van der Waals surface area contributed by atoms with Gasteiger partial charge in [-0.3, -0.25) is 0 Å². The van der Waals surface area contributed by atoms with Crippen molar-refractivity contribution in [1.29, 1.82) is 0 Å². The lowest BCUT2D eigenvalue weighted by Gasteiger charge is -2.21. The Hall–Kier alpha value is -1.65. The largest absolute Gasteiger partial charge is 0.368 e. The van der Waals surface area contributed by atoms with E-state index in [-0.39, 0.29) is 6.10 Å². The van der Waals surface area contributed by atoms with Crippen molar-refractivity contribution in [3.63, 3.8) is 0 Å². The lowest BCUT2D eigenvalue weighted by molar-refractivity contribution is 0.0227. The van der Waals surface area contributed by atoms with Crippen molar-refractivity contribution < 1.29 is 4.74 Å². The highest BCUT2D eigenvalue weighted by molar-refractivity contribution is 5.60. The van der Waals surface area contributed by atoms with Crippen LogP contribution in [0.5, 0.6) is 0 Å². The molecule has 19 heavy (non-hydrogen) atoms. The molecule has 2 aromatic rings. The summed E-state index contributed by atoms with van der Waals surface area (Å²) in [7, 11) is 0. The molecule has 2 N–H and O–H groups in total. The summed E-state index contributed by atoms with van der Waals surface area (Å²) in [6.07, 6.45) is 1.93. The molecule has 0 radical (unpaired) electrons. The number of aryl methyl sites for hydroxylation is 2. The minimum absolute atomic E-state index is 0.0356. The monoisotopic (exact) mass is 257 g/mol. The summed E-state index contributed by atoms with van der Waals surface area (Å²) < 4.78 is 5.70. The van der Waals surface area contributed by atoms with Crippen molar-refractivity contribution in [2.45, 2.75) is 20.0 Å². The van der Waals surface area contributed by atoms with Crippen molar-refractivity contribution in [2.75, 3.05) is 19.7 Å². The van der Waals surface area contributed by atoms with E-state index in [4.69, 9.17) is 4.74 Å². The summed E-state index contributed by atoms with van der Waals surface area (Å²) in [6, 6.07) is 6.52. The minimum Gasteiger partial charge on any atom is -0.368 e. The molecule has 0 aliphatic carbocycles. The van der Waals surface area contributed by atoms with Gasteiger partial charge in [0.05, 0.1) is 18.5 Å². The maximum absolute atomic E-state index is 5.70. The molecule has 1 unspecified atom stereocenters. The van der Waals surface area contributed by atoms with Gasteiger partial charge in [-0.15, -0.1) is 0 Å². The van der Waals surface area contributed by atoms with Gasteiger partial charge in [-0.1, -0.05) is 17.2 Å². The summed E-state index contributed by atoms with van der Waals surface area (Å²) >= 11 is 0. The Bertz CT molecular complexity index is 550. The van der Waals surface area contributed by atoms with E-state index >= 15 is 0 Å². The number of aromatic amines is 1. The quantitative estimate of drug-likeness (QED) is 0.868. The number of benzene rings is 1. The lowest BCUT2D eigenvalue weighted by Crippen LogP contribution is -2.33. The number of hydrogen-bond acceptors (Lipinski definition) is 3. The van der Waals surface area contributed by atoms with Crippen LogP contribution in [0.15, 0.2) is 24.4 Å². The Kier molecular flexibility index (Phi) is 3.36. The topological polar surface area (TPSA) is 49.9 Å². The first-order valence-electron chi connectivity index (χ1n) is 6.68. The Morgan fingerprint density at radius 3 is 2.68 bits per heavy atom. The first-order valence-corrected chi connectivity index (χ1v) is 6.68. The van der Waals surface area contributed by atoms with E-state index < -0.39 is 0 Å². The predicted octanol–water partition coefficient (Wildman–Crippen LogP) is 2.35. The molecule has 0 spiro atoms. The molecule has 4 heteroatoms. The van der Waals surface area contributed by atoms with Crippen molar-refractivity contribution >= 4 is 0 Å². The van der Waals surface area contributed by atoms with Gasteiger partial charge in [0.15, 0.2) is 0 Å². The van der Waals surface area contributed by atoms with Gasteiger partial charge in [0, 0.05) is 18.7 Å². The molecule has 0 saturated carbocycles. The average Bonchev–Trinajstić information content (AvgIpc) is 2.88. The van der Waals surface area contributed by atoms with Crippen LogP contribution in [0, 0.1) is 13.8 Å². The standard InChI is InChI=1S/C15H19N3O/c1-10-5-11(2)7-12(6-10)13-8-17-15(18-13)14-9-16-3-4-19-14/h5-8,14,16H,3-4,9H2,1-2H3,(H,17,18). The fourth-order valence-corrected chi connectivity index (χ4v) is 2.52. The van der Waals surface area contributed by atoms with Crippen molar-refractivity contribution in [2.24, 2.45) is 0 Å². The zero-order valence-corrected chi connectivity index (χ0v) is 11.4. The van der Waals surface area contributed by atoms with Gasteiger partial charge in [0.2, 0.25) is 0 Å². The highest BCUT2D eigenvalue weighted by Gasteiger charge is 2.18. The molecule has 1 aliphatic rings. The number of morpholine rings is 1. The molecule has 0 bridgehead atoms. The van der Waals surface area contributed by atoms with Gasteiger partial charge in [0.25, 0.3) is 0 Å². The lowest BCUT2D eigenvalue weighted by atomic mass is 10.1. The number of hydrogen-bond donors (Lipinski definition) is 2. The average molecular weight is 257 g/mol. The van der Waals surface area contributed by atoms with E-state index in [1.54, 1.807) is 0 Å². The molecule has 1 saturated heterocycles. The van der Waals surface area contributed by atoms with Gasteiger partial charge < -0.3 is 15.0 Å². The van der Waals surface area contributed by atoms with Gasteiger partial charge in [-0.2, -0.15) is 0 Å². The second kappa shape index (κ2) is 5.15. The highest BCUT2D eigenvalue weighted by Crippen LogP contribution is 2.23. The zero-order valence-electron chi connectivity index (χ0n) is 11.4. The third kappa shape index (κ3) is 2.69. The normalized spacial score (nSPS) is 19.6. The Morgan fingerprint density at radius 2 is 2.00 bits per heavy atom. The van der Waals surface area contributed by atoms with Crippen LogP contribution >= 0.6 is 0 Å². The molecule has 1 fully saturated rings. The SMILES string of the molecule is Cc1cc(C)cc(-c2cnc(C3CNCCO3)[nH]2)c1. The van der Waals surface area contributed by atoms with E-state index in [9.17, 15) is 0 Å². The van der Waals surface area contributed by atoms with Gasteiger partial charge in [0.1, 0.15) is 11.9 Å². The van der Waals surface area contributed by atoms with Gasteiger partial charge in [-0.25, -0.2) is 4.98 Å². The number of aromatic nitrogens is 2. The molecule has 1 aromatic carbocycles. The third-order valence-corrected chi connectivity index (χ3v) is 3.36. The van der Waals surface area contributed by atoms with Crippen LogP contribution in [0.1, 0.15) is 23.1 Å². The summed E-state index contributed by atoms with van der Waals surface area (Å²) in [5, 5.41) is 3.32. The molecular formula is C15H19N3O. The smallest absolute Gasteiger partial charge is 0.137 e. The molecule has 4 nitrogen and oxygen atoms in total. The summed E-state index contributed by atoms with van der Waals surface area (Å²) in [4.78, 5) is 7.83. The van der Waals surface area contributed by atoms with Crippen LogP contribution < -0.4 is 5.32 Å². The second-order valence-electron chi connectivity index (χ2n) is 5.12. The van der Waals surface area contributed by atoms with Crippen molar-refractivity contribution in [1.82, 2.24) is 15.3 Å². The number of H-pyrrole nitrogens is 1. The van der Waals surface area contributed by atoms with E-state index in [0.717, 1.165) is 31.2 Å². The van der Waals surface area contributed by atoms with Crippen LogP contribution in [-0.2, 0) is 4.74 Å². The third-order valence-electron chi connectivity index (χ3n) is 3.36. The highest BCUT2D eigenvalue weighted by atomic mass is 16.5. The van der Waals surface area contributed by atoms with E-state index in [2.05, 4.69) is 47.3 Å². The molecule has 3 rings (SSSR count). The van der Waals surface area contributed by atoms with Crippen LogP contribution in [0.2, 0.25) is 0 Å². The number of imidazole rings is 1. The maximum Gasteiger partial charge on any atom is 0.137 e. The van der Waals surface area contributed by atoms with E-state index in [1.165, 1.54) is 16.7 Å². The van der Waals surface area contributed by atoms with Crippen LogP contribution in [0.4, 0.5) is 0 Å². The van der Waals surface area contributed by atoms with E-state index in [1.807, 2.05) is 6.20 Å². The van der Waals surface area contributed by atoms with E-state index in [0.29, 0.717) is 0 Å². The van der Waals surface area contributed by atoms with Crippen molar-refractivity contribution in [3.05, 3.63) is 41.3 Å². The Balaban J connectivity index is 1.87. The predicted molar refractivity (Wildman–Crippen MR) is 75.1 cm³/mol.